The van der Waals surface area contributed by atoms with Gasteiger partial charge in [-0.05, 0) is 34.2 Å². The first kappa shape index (κ1) is 18.4. The van der Waals surface area contributed by atoms with E-state index in [0.29, 0.717) is 32.0 Å². The molecule has 1 saturated heterocycles. The molecule has 1 fully saturated rings. The summed E-state index contributed by atoms with van der Waals surface area (Å²) in [5.41, 5.74) is 4.07. The van der Waals surface area contributed by atoms with Crippen LogP contribution in [0.25, 0.3) is 10.8 Å². The van der Waals surface area contributed by atoms with Crippen LogP contribution in [-0.4, -0.2) is 34.9 Å². The highest BCUT2D eigenvalue weighted by Gasteiger charge is 2.32. The molecule has 3 aromatic carbocycles. The van der Waals surface area contributed by atoms with Crippen LogP contribution in [0.1, 0.15) is 22.6 Å². The zero-order chi connectivity index (χ0) is 20.8. The van der Waals surface area contributed by atoms with E-state index in [-0.39, 0.29) is 17.6 Å². The molecule has 0 aliphatic carbocycles. The van der Waals surface area contributed by atoms with E-state index in [4.69, 9.17) is 0 Å². The van der Waals surface area contributed by atoms with Gasteiger partial charge in [0.05, 0.1) is 18.7 Å². The van der Waals surface area contributed by atoms with Crippen LogP contribution >= 0.6 is 0 Å². The fourth-order valence-corrected chi connectivity index (χ4v) is 4.45. The highest BCUT2D eigenvalue weighted by molar-refractivity contribution is 6.05. The third kappa shape index (κ3) is 3.03. The van der Waals surface area contributed by atoms with Crippen LogP contribution in [0, 0.1) is 0 Å². The molecule has 150 valence electrons. The Kier molecular flexibility index (Phi) is 4.31. The van der Waals surface area contributed by atoms with Gasteiger partial charge in [0.15, 0.2) is 0 Å². The molecule has 5 nitrogen and oxygen atoms in total. The fourth-order valence-electron chi connectivity index (χ4n) is 4.45. The number of carbonyl (C=O) groups excluding carboxylic acids is 2. The molecule has 0 unspecified atom stereocenters. The number of likely N-dealkylation sites (tertiary alicyclic amines) is 1. The summed E-state index contributed by atoms with van der Waals surface area (Å²) in [7, 11) is 0. The van der Waals surface area contributed by atoms with Gasteiger partial charge in [0.1, 0.15) is 5.75 Å². The lowest BCUT2D eigenvalue weighted by molar-refractivity contribution is -0.130. The lowest BCUT2D eigenvalue weighted by Crippen LogP contribution is -2.47. The van der Waals surface area contributed by atoms with Crippen LogP contribution in [0.2, 0.25) is 0 Å². The number of benzene rings is 3. The van der Waals surface area contributed by atoms with Crippen LogP contribution in [-0.2, 0) is 22.6 Å². The van der Waals surface area contributed by atoms with Crippen molar-refractivity contribution in [3.63, 3.8) is 0 Å². The molecule has 5 rings (SSSR count). The number of rotatable bonds is 3. The van der Waals surface area contributed by atoms with Gasteiger partial charge in [0.25, 0.3) is 0 Å². The predicted octanol–water partition coefficient (Wildman–Crippen LogP) is 3.75. The predicted molar refractivity (Wildman–Crippen MR) is 116 cm³/mol. The Morgan fingerprint density at radius 2 is 1.87 bits per heavy atom. The maximum Gasteiger partial charge on any atom is 0.245 e. The van der Waals surface area contributed by atoms with Crippen LogP contribution in [0.5, 0.6) is 5.75 Å². The minimum atomic E-state index is -0.0339. The summed E-state index contributed by atoms with van der Waals surface area (Å²) in [4.78, 5) is 28.2. The number of carbonyl (C=O) groups is 2. The van der Waals surface area contributed by atoms with E-state index in [0.717, 1.165) is 27.6 Å². The Morgan fingerprint density at radius 1 is 1.07 bits per heavy atom. The third-order valence-corrected chi connectivity index (χ3v) is 6.16. The lowest BCUT2D eigenvalue weighted by atomic mass is 9.87. The zero-order valence-corrected chi connectivity index (χ0v) is 16.5. The summed E-state index contributed by atoms with van der Waals surface area (Å²) >= 11 is 0. The number of aromatic hydroxyl groups is 1. The molecule has 0 aromatic heterocycles. The van der Waals surface area contributed by atoms with Crippen molar-refractivity contribution in [1.82, 2.24) is 4.90 Å². The summed E-state index contributed by atoms with van der Waals surface area (Å²) in [6.07, 6.45) is 1.68. The first-order valence-electron chi connectivity index (χ1n) is 10.1. The Hall–Kier alpha value is -3.60. The van der Waals surface area contributed by atoms with Crippen LogP contribution < -0.4 is 4.90 Å². The largest absolute Gasteiger partial charge is 0.508 e. The average Bonchev–Trinajstić information content (AvgIpc) is 2.71. The van der Waals surface area contributed by atoms with E-state index < -0.39 is 0 Å². The molecule has 0 radical (unpaired) electrons. The highest BCUT2D eigenvalue weighted by Crippen LogP contribution is 2.36. The van der Waals surface area contributed by atoms with E-state index in [9.17, 15) is 14.7 Å². The number of hydrogen-bond acceptors (Lipinski definition) is 3. The second-order valence-electron chi connectivity index (χ2n) is 8.02. The van der Waals surface area contributed by atoms with Gasteiger partial charge in [-0.3, -0.25) is 9.59 Å². The molecular weight excluding hydrogens is 376 g/mol. The van der Waals surface area contributed by atoms with Crippen molar-refractivity contribution in [3.8, 4) is 5.75 Å². The topological polar surface area (TPSA) is 60.9 Å². The van der Waals surface area contributed by atoms with Gasteiger partial charge in [-0.1, -0.05) is 49.0 Å². The molecule has 2 aliphatic heterocycles. The van der Waals surface area contributed by atoms with Crippen molar-refractivity contribution in [3.05, 3.63) is 83.9 Å². The van der Waals surface area contributed by atoms with E-state index in [1.165, 1.54) is 11.6 Å². The summed E-state index contributed by atoms with van der Waals surface area (Å²) in [5.74, 6) is 0.449. The molecule has 1 N–H and O–H groups in total. The molecule has 2 heterocycles. The maximum atomic E-state index is 13.0. The summed E-state index contributed by atoms with van der Waals surface area (Å²) in [5, 5.41) is 12.0. The number of phenols is 1. The standard InChI is InChI=1S/C25H22N2O3/c1-2-24(29)26-13-20(14-26)16-7-8-18-15-27(25(30)11-19(18)9-16)23-12-21(28)10-17-5-3-4-6-22(17)23/h2-10,12,20,28H,1,11,13-15H2. The molecule has 3 aromatic rings. The van der Waals surface area contributed by atoms with Gasteiger partial charge in [-0.15, -0.1) is 0 Å². The van der Waals surface area contributed by atoms with E-state index in [2.05, 4.69) is 24.8 Å². The molecule has 0 atom stereocenters. The van der Waals surface area contributed by atoms with E-state index in [1.807, 2.05) is 24.3 Å². The van der Waals surface area contributed by atoms with Crippen molar-refractivity contribution >= 4 is 28.3 Å². The maximum absolute atomic E-state index is 13.0. The van der Waals surface area contributed by atoms with Gasteiger partial charge in [0, 0.05) is 30.5 Å². The summed E-state index contributed by atoms with van der Waals surface area (Å²) < 4.78 is 0. The highest BCUT2D eigenvalue weighted by atomic mass is 16.3. The Labute approximate surface area is 174 Å². The molecule has 2 aliphatic rings. The van der Waals surface area contributed by atoms with Crippen molar-refractivity contribution in [2.45, 2.75) is 18.9 Å². The van der Waals surface area contributed by atoms with Gasteiger partial charge in [0.2, 0.25) is 11.8 Å². The first-order chi connectivity index (χ1) is 14.5. The first-order valence-corrected chi connectivity index (χ1v) is 10.1. The Bertz CT molecular complexity index is 1190. The molecule has 5 heteroatoms. The summed E-state index contributed by atoms with van der Waals surface area (Å²) in [6.45, 7) is 5.40. The van der Waals surface area contributed by atoms with Crippen LogP contribution in [0.4, 0.5) is 5.69 Å². The number of hydrogen-bond donors (Lipinski definition) is 1. The second kappa shape index (κ2) is 7.02. The molecule has 0 bridgehead atoms. The molecule has 0 saturated carbocycles. The monoisotopic (exact) mass is 398 g/mol. The molecular formula is C25H22N2O3. The van der Waals surface area contributed by atoms with Gasteiger partial charge in [-0.2, -0.15) is 0 Å². The normalized spacial score (nSPS) is 16.3. The van der Waals surface area contributed by atoms with E-state index in [1.54, 1.807) is 21.9 Å². The quantitative estimate of drug-likeness (QED) is 0.684. The molecule has 0 spiro atoms. The smallest absolute Gasteiger partial charge is 0.245 e. The number of nitrogens with zero attached hydrogens (tertiary/aromatic N) is 2. The van der Waals surface area contributed by atoms with Gasteiger partial charge < -0.3 is 14.9 Å². The zero-order valence-electron chi connectivity index (χ0n) is 16.5. The molecule has 2 amide bonds. The Morgan fingerprint density at radius 3 is 2.67 bits per heavy atom. The number of fused-ring (bicyclic) bond motifs is 2. The van der Waals surface area contributed by atoms with Crippen LogP contribution in [0.3, 0.4) is 0 Å². The van der Waals surface area contributed by atoms with Crippen molar-refractivity contribution in [2.75, 3.05) is 18.0 Å². The molecule has 30 heavy (non-hydrogen) atoms. The summed E-state index contributed by atoms with van der Waals surface area (Å²) in [6, 6.07) is 17.5. The number of anilines is 1. The lowest BCUT2D eigenvalue weighted by Gasteiger charge is -2.39. The van der Waals surface area contributed by atoms with Gasteiger partial charge >= 0.3 is 0 Å². The number of phenolic OH excluding ortho intramolecular Hbond substituents is 1. The number of amides is 2. The SMILES string of the molecule is C=CC(=O)N1CC(c2ccc3c(c2)CC(=O)N(c2cc(O)cc4ccccc24)C3)C1. The Balaban J connectivity index is 1.43. The fraction of sp³-hybridized carbons (Fsp3) is 0.200. The minimum absolute atomic E-state index is 0.0208. The van der Waals surface area contributed by atoms with Gasteiger partial charge in [-0.25, -0.2) is 0 Å². The van der Waals surface area contributed by atoms with Crippen molar-refractivity contribution in [1.29, 1.82) is 0 Å². The van der Waals surface area contributed by atoms with Crippen molar-refractivity contribution < 1.29 is 14.7 Å². The second-order valence-corrected chi connectivity index (χ2v) is 8.02. The minimum Gasteiger partial charge on any atom is -0.508 e. The van der Waals surface area contributed by atoms with Crippen molar-refractivity contribution in [2.24, 2.45) is 0 Å². The van der Waals surface area contributed by atoms with E-state index >= 15 is 0 Å². The average molecular weight is 398 g/mol. The third-order valence-electron chi connectivity index (χ3n) is 6.16. The van der Waals surface area contributed by atoms with Crippen LogP contribution in [0.15, 0.2) is 67.3 Å².